The van der Waals surface area contributed by atoms with Gasteiger partial charge in [0.05, 0.1) is 5.92 Å². The number of benzene rings is 2. The van der Waals surface area contributed by atoms with Gasteiger partial charge in [-0.3, -0.25) is 9.59 Å². The van der Waals surface area contributed by atoms with Crippen LogP contribution in [-0.2, 0) is 14.3 Å². The summed E-state index contributed by atoms with van der Waals surface area (Å²) in [6, 6.07) is 16.4. The van der Waals surface area contributed by atoms with Crippen molar-refractivity contribution in [2.24, 2.45) is 23.7 Å². The number of fused-ring (bicyclic) bond motifs is 3. The number of carboxylic acids is 1. The van der Waals surface area contributed by atoms with Gasteiger partial charge in [-0.25, -0.2) is 4.79 Å². The van der Waals surface area contributed by atoms with E-state index in [9.17, 15) is 19.5 Å². The van der Waals surface area contributed by atoms with E-state index in [1.165, 1.54) is 11.1 Å². The highest BCUT2D eigenvalue weighted by atomic mass is 16.5. The number of nitrogens with one attached hydrogen (secondary N) is 2. The Hall–Kier alpha value is -3.35. The van der Waals surface area contributed by atoms with Crippen molar-refractivity contribution in [3.63, 3.8) is 0 Å². The van der Waals surface area contributed by atoms with E-state index >= 15 is 0 Å². The first-order chi connectivity index (χ1) is 16.9. The Labute approximate surface area is 206 Å². The third-order valence-corrected chi connectivity index (χ3v) is 7.47. The van der Waals surface area contributed by atoms with Gasteiger partial charge in [0, 0.05) is 24.9 Å². The minimum absolute atomic E-state index is 0.00120. The van der Waals surface area contributed by atoms with E-state index in [-0.39, 0.29) is 42.7 Å². The molecule has 0 radical (unpaired) electrons. The van der Waals surface area contributed by atoms with Crippen molar-refractivity contribution < 1.29 is 24.2 Å². The second-order valence-electron chi connectivity index (χ2n) is 9.94. The molecular formula is C28H34N2O5. The summed E-state index contributed by atoms with van der Waals surface area (Å²) in [5.74, 6) is -1.93. The summed E-state index contributed by atoms with van der Waals surface area (Å²) >= 11 is 0. The molecule has 7 heteroatoms. The number of aliphatic carboxylic acids is 1. The smallest absolute Gasteiger partial charge is 0.407 e. The van der Waals surface area contributed by atoms with E-state index in [4.69, 9.17) is 4.74 Å². The highest BCUT2D eigenvalue weighted by Crippen LogP contribution is 2.44. The predicted octanol–water partition coefficient (Wildman–Crippen LogP) is 4.41. The Kier molecular flexibility index (Phi) is 7.73. The molecule has 2 aliphatic rings. The molecule has 1 fully saturated rings. The van der Waals surface area contributed by atoms with Crippen LogP contribution in [0.2, 0.25) is 0 Å². The highest BCUT2D eigenvalue weighted by Gasteiger charge is 2.34. The number of hydrogen-bond donors (Lipinski definition) is 3. The van der Waals surface area contributed by atoms with Crippen LogP contribution in [0, 0.1) is 23.7 Å². The Morgan fingerprint density at radius 3 is 2.20 bits per heavy atom. The molecular weight excluding hydrogens is 444 g/mol. The summed E-state index contributed by atoms with van der Waals surface area (Å²) in [4.78, 5) is 36.7. The van der Waals surface area contributed by atoms with Crippen LogP contribution in [0.1, 0.15) is 50.2 Å². The number of rotatable bonds is 9. The standard InChI is InChI=1S/C28H34N2O5/c1-17(2)24(27(32)33)15-29-26(31)19-13-7-8-18(19)14-30-28(34)35-16-25-22-11-5-3-9-20(22)21-10-4-6-12-23(21)25/h3-6,9-12,17-19,24-25H,7-8,13-16H2,1-2H3,(H,29,31)(H,30,34)(H,32,33)/t18-,19-,24?/m1/s1. The molecule has 7 nitrogen and oxygen atoms in total. The van der Waals surface area contributed by atoms with E-state index in [1.54, 1.807) is 0 Å². The number of alkyl carbamates (subject to hydrolysis) is 1. The molecule has 4 rings (SSSR count). The van der Waals surface area contributed by atoms with Gasteiger partial charge >= 0.3 is 12.1 Å². The molecule has 0 bridgehead atoms. The van der Waals surface area contributed by atoms with Gasteiger partial charge in [-0.05, 0) is 46.9 Å². The van der Waals surface area contributed by atoms with Gasteiger partial charge in [0.25, 0.3) is 0 Å². The first kappa shape index (κ1) is 24.8. The number of carbonyl (C=O) groups is 3. The molecule has 2 aromatic carbocycles. The lowest BCUT2D eigenvalue weighted by molar-refractivity contribution is -0.143. The summed E-state index contributed by atoms with van der Waals surface area (Å²) in [6.45, 7) is 4.40. The van der Waals surface area contributed by atoms with E-state index in [2.05, 4.69) is 34.9 Å². The van der Waals surface area contributed by atoms with Crippen molar-refractivity contribution in [1.82, 2.24) is 10.6 Å². The molecule has 0 aromatic heterocycles. The number of carbonyl (C=O) groups excluding carboxylic acids is 2. The van der Waals surface area contributed by atoms with Gasteiger partial charge in [0.2, 0.25) is 5.91 Å². The fraction of sp³-hybridized carbons (Fsp3) is 0.464. The van der Waals surface area contributed by atoms with Crippen molar-refractivity contribution in [2.45, 2.75) is 39.0 Å². The minimum Gasteiger partial charge on any atom is -0.481 e. The Bertz CT molecular complexity index is 1040. The zero-order valence-corrected chi connectivity index (χ0v) is 20.3. The molecule has 0 saturated heterocycles. The molecule has 35 heavy (non-hydrogen) atoms. The van der Waals surface area contributed by atoms with Gasteiger partial charge in [0.15, 0.2) is 0 Å². The zero-order chi connectivity index (χ0) is 24.9. The maximum absolute atomic E-state index is 12.7. The molecule has 0 aliphatic heterocycles. The average Bonchev–Trinajstić information content (AvgIpc) is 3.44. The molecule has 3 N–H and O–H groups in total. The van der Waals surface area contributed by atoms with Crippen LogP contribution >= 0.6 is 0 Å². The third-order valence-electron chi connectivity index (χ3n) is 7.47. The third kappa shape index (κ3) is 5.50. The van der Waals surface area contributed by atoms with Crippen molar-refractivity contribution in [1.29, 1.82) is 0 Å². The fourth-order valence-electron chi connectivity index (χ4n) is 5.44. The maximum Gasteiger partial charge on any atom is 0.407 e. The van der Waals surface area contributed by atoms with E-state index < -0.39 is 18.0 Å². The molecule has 2 aliphatic carbocycles. The highest BCUT2D eigenvalue weighted by molar-refractivity contribution is 5.81. The normalized spacial score (nSPS) is 19.6. The molecule has 2 amide bonds. The van der Waals surface area contributed by atoms with Crippen molar-refractivity contribution in [3.05, 3.63) is 59.7 Å². The van der Waals surface area contributed by atoms with Crippen molar-refractivity contribution in [2.75, 3.05) is 19.7 Å². The van der Waals surface area contributed by atoms with Gasteiger partial charge in [0.1, 0.15) is 6.61 Å². The Morgan fingerprint density at radius 1 is 0.971 bits per heavy atom. The summed E-state index contributed by atoms with van der Waals surface area (Å²) < 4.78 is 5.61. The van der Waals surface area contributed by atoms with Crippen LogP contribution in [0.25, 0.3) is 11.1 Å². The average molecular weight is 479 g/mol. The number of ether oxygens (including phenoxy) is 1. The van der Waals surface area contributed by atoms with E-state index in [0.717, 1.165) is 30.4 Å². The Balaban J connectivity index is 1.28. The van der Waals surface area contributed by atoms with Crippen LogP contribution in [0.4, 0.5) is 4.79 Å². The summed E-state index contributed by atoms with van der Waals surface area (Å²) in [6.07, 6.45) is 2.00. The molecule has 186 valence electrons. The largest absolute Gasteiger partial charge is 0.481 e. The summed E-state index contributed by atoms with van der Waals surface area (Å²) in [5, 5.41) is 15.0. The summed E-state index contributed by atoms with van der Waals surface area (Å²) in [5.41, 5.74) is 4.68. The van der Waals surface area contributed by atoms with Gasteiger partial charge in [-0.2, -0.15) is 0 Å². The lowest BCUT2D eigenvalue weighted by atomic mass is 9.93. The molecule has 0 spiro atoms. The SMILES string of the molecule is CC(C)C(CNC(=O)[C@@H]1CCC[C@@H]1CNC(=O)OCC1c2ccccc2-c2ccccc21)C(=O)O. The fourth-order valence-corrected chi connectivity index (χ4v) is 5.44. The first-order valence-corrected chi connectivity index (χ1v) is 12.5. The first-order valence-electron chi connectivity index (χ1n) is 12.5. The van der Waals surface area contributed by atoms with Crippen LogP contribution in [-0.4, -0.2) is 42.8 Å². The van der Waals surface area contributed by atoms with Gasteiger partial charge < -0.3 is 20.5 Å². The van der Waals surface area contributed by atoms with Crippen LogP contribution in [0.3, 0.4) is 0 Å². The van der Waals surface area contributed by atoms with Crippen LogP contribution < -0.4 is 10.6 Å². The zero-order valence-electron chi connectivity index (χ0n) is 20.3. The Morgan fingerprint density at radius 2 is 1.60 bits per heavy atom. The number of hydrogen-bond acceptors (Lipinski definition) is 4. The second-order valence-corrected chi connectivity index (χ2v) is 9.94. The van der Waals surface area contributed by atoms with Gasteiger partial charge in [-0.15, -0.1) is 0 Å². The van der Waals surface area contributed by atoms with E-state index in [0.29, 0.717) is 6.54 Å². The number of amides is 2. The minimum atomic E-state index is -0.903. The maximum atomic E-state index is 12.7. The molecule has 3 atom stereocenters. The quantitative estimate of drug-likeness (QED) is 0.495. The summed E-state index contributed by atoms with van der Waals surface area (Å²) in [7, 11) is 0. The second kappa shape index (κ2) is 10.9. The van der Waals surface area contributed by atoms with Crippen LogP contribution in [0.5, 0.6) is 0 Å². The van der Waals surface area contributed by atoms with Gasteiger partial charge in [-0.1, -0.05) is 68.8 Å². The lowest BCUT2D eigenvalue weighted by Crippen LogP contribution is -2.41. The molecule has 1 saturated carbocycles. The lowest BCUT2D eigenvalue weighted by Gasteiger charge is -2.22. The molecule has 0 heterocycles. The monoisotopic (exact) mass is 478 g/mol. The molecule has 2 aromatic rings. The van der Waals surface area contributed by atoms with E-state index in [1.807, 2.05) is 38.1 Å². The topological polar surface area (TPSA) is 105 Å². The molecule has 1 unspecified atom stereocenters. The predicted molar refractivity (Wildman–Crippen MR) is 133 cm³/mol. The van der Waals surface area contributed by atoms with Crippen molar-refractivity contribution >= 4 is 18.0 Å². The number of carboxylic acid groups (broad SMARTS) is 1. The van der Waals surface area contributed by atoms with Crippen molar-refractivity contribution in [3.8, 4) is 11.1 Å². The van der Waals surface area contributed by atoms with Crippen LogP contribution in [0.15, 0.2) is 48.5 Å².